The summed E-state index contributed by atoms with van der Waals surface area (Å²) in [6.07, 6.45) is 2.20. The molecule has 2 aliphatic heterocycles. The third-order valence-corrected chi connectivity index (χ3v) is 6.14. The van der Waals surface area contributed by atoms with Crippen LogP contribution in [-0.2, 0) is 0 Å². The third kappa shape index (κ3) is 2.24. The van der Waals surface area contributed by atoms with Gasteiger partial charge in [0.1, 0.15) is 6.17 Å². The summed E-state index contributed by atoms with van der Waals surface area (Å²) in [7, 11) is 0. The maximum atomic E-state index is 4.99. The summed E-state index contributed by atoms with van der Waals surface area (Å²) in [5, 5.41) is 0. The number of para-hydroxylation sites is 2. The van der Waals surface area contributed by atoms with E-state index in [1.54, 1.807) is 0 Å². The molecule has 140 valence electrons. The Morgan fingerprint density at radius 3 is 2.14 bits per heavy atom. The zero-order chi connectivity index (χ0) is 19.4. The van der Waals surface area contributed by atoms with Gasteiger partial charge in [0.15, 0.2) is 11.6 Å². The van der Waals surface area contributed by atoms with Gasteiger partial charge in [0.05, 0.1) is 11.4 Å². The molecule has 0 aliphatic carbocycles. The van der Waals surface area contributed by atoms with Crippen molar-refractivity contribution in [1.82, 2.24) is 9.97 Å². The van der Waals surface area contributed by atoms with E-state index >= 15 is 0 Å². The van der Waals surface area contributed by atoms with Crippen molar-refractivity contribution in [2.24, 2.45) is 5.92 Å². The molecule has 2 aliphatic rings. The minimum absolute atomic E-state index is 0.108. The zero-order valence-corrected chi connectivity index (χ0v) is 16.5. The Morgan fingerprint density at radius 2 is 1.46 bits per heavy atom. The van der Waals surface area contributed by atoms with Gasteiger partial charge in [-0.2, -0.15) is 0 Å². The Morgan fingerprint density at radius 1 is 0.857 bits per heavy atom. The molecule has 4 heteroatoms. The molecule has 0 fully saturated rings. The van der Waals surface area contributed by atoms with Gasteiger partial charge in [0, 0.05) is 23.2 Å². The van der Waals surface area contributed by atoms with Crippen molar-refractivity contribution >= 4 is 23.0 Å². The van der Waals surface area contributed by atoms with Gasteiger partial charge >= 0.3 is 0 Å². The summed E-state index contributed by atoms with van der Waals surface area (Å²) in [5.41, 5.74) is 5.60. The molecule has 0 saturated carbocycles. The maximum absolute atomic E-state index is 4.99. The normalized spacial score (nSPS) is 22.5. The molecule has 3 unspecified atom stereocenters. The van der Waals surface area contributed by atoms with E-state index in [1.807, 2.05) is 13.8 Å². The molecule has 2 aromatic carbocycles. The van der Waals surface area contributed by atoms with Gasteiger partial charge in [0.2, 0.25) is 0 Å². The lowest BCUT2D eigenvalue weighted by Crippen LogP contribution is -2.48. The van der Waals surface area contributed by atoms with E-state index in [-0.39, 0.29) is 12.1 Å². The van der Waals surface area contributed by atoms with E-state index in [2.05, 4.69) is 84.0 Å². The number of hydrogen-bond acceptors (Lipinski definition) is 4. The van der Waals surface area contributed by atoms with Crippen molar-refractivity contribution in [2.45, 2.75) is 32.9 Å². The first kappa shape index (κ1) is 17.0. The SMILES string of the molecule is C=CC1c2ccccc2N2c3nc(C)c(C)nc3N(c3ccccc3)C2C1C. The van der Waals surface area contributed by atoms with Gasteiger partial charge in [-0.05, 0) is 37.6 Å². The summed E-state index contributed by atoms with van der Waals surface area (Å²) in [6.45, 7) is 10.5. The van der Waals surface area contributed by atoms with Gasteiger partial charge < -0.3 is 9.80 Å². The number of aromatic nitrogens is 2. The van der Waals surface area contributed by atoms with Crippen LogP contribution in [0.15, 0.2) is 67.3 Å². The molecule has 0 saturated heterocycles. The van der Waals surface area contributed by atoms with Crippen molar-refractivity contribution in [1.29, 1.82) is 0 Å². The molecule has 3 atom stereocenters. The zero-order valence-electron chi connectivity index (χ0n) is 16.5. The van der Waals surface area contributed by atoms with Crippen molar-refractivity contribution in [3.8, 4) is 0 Å². The van der Waals surface area contributed by atoms with Crippen LogP contribution >= 0.6 is 0 Å². The first-order valence-electron chi connectivity index (χ1n) is 9.82. The van der Waals surface area contributed by atoms with E-state index in [9.17, 15) is 0 Å². The molecule has 5 rings (SSSR count). The predicted octanol–water partition coefficient (Wildman–Crippen LogP) is 5.63. The average Bonchev–Trinajstić information content (AvgIpc) is 3.04. The average molecular weight is 368 g/mol. The Hall–Kier alpha value is -3.14. The van der Waals surface area contributed by atoms with E-state index in [4.69, 9.17) is 9.97 Å². The summed E-state index contributed by atoms with van der Waals surface area (Å²) >= 11 is 0. The quantitative estimate of drug-likeness (QED) is 0.549. The molecular weight excluding hydrogens is 344 g/mol. The minimum Gasteiger partial charge on any atom is -0.302 e. The number of hydrogen-bond donors (Lipinski definition) is 0. The second-order valence-corrected chi connectivity index (χ2v) is 7.71. The highest BCUT2D eigenvalue weighted by Gasteiger charge is 2.49. The lowest BCUT2D eigenvalue weighted by Gasteiger charge is -2.44. The van der Waals surface area contributed by atoms with Crippen LogP contribution in [0, 0.1) is 19.8 Å². The van der Waals surface area contributed by atoms with Gasteiger partial charge in [0.25, 0.3) is 0 Å². The number of nitrogens with zero attached hydrogens (tertiary/aromatic N) is 4. The van der Waals surface area contributed by atoms with Gasteiger partial charge in [-0.1, -0.05) is 49.4 Å². The number of allylic oxidation sites excluding steroid dienone is 1. The molecule has 0 bridgehead atoms. The highest BCUT2D eigenvalue weighted by atomic mass is 15.5. The fraction of sp³-hybridized carbons (Fsp3) is 0.250. The lowest BCUT2D eigenvalue weighted by molar-refractivity contribution is 0.408. The predicted molar refractivity (Wildman–Crippen MR) is 115 cm³/mol. The van der Waals surface area contributed by atoms with Gasteiger partial charge in [-0.25, -0.2) is 9.97 Å². The number of aryl methyl sites for hydroxylation is 2. The second kappa shape index (κ2) is 6.20. The molecule has 1 aromatic heterocycles. The van der Waals surface area contributed by atoms with Crippen LogP contribution in [0.1, 0.15) is 29.8 Å². The van der Waals surface area contributed by atoms with Crippen LogP contribution in [-0.4, -0.2) is 16.1 Å². The summed E-state index contributed by atoms with van der Waals surface area (Å²) < 4.78 is 0. The minimum atomic E-state index is 0.108. The highest BCUT2D eigenvalue weighted by molar-refractivity contribution is 5.86. The van der Waals surface area contributed by atoms with Gasteiger partial charge in [-0.15, -0.1) is 6.58 Å². The number of rotatable bonds is 2. The summed E-state index contributed by atoms with van der Waals surface area (Å²) in [4.78, 5) is 14.7. The van der Waals surface area contributed by atoms with Crippen LogP contribution < -0.4 is 9.80 Å². The summed E-state index contributed by atoms with van der Waals surface area (Å²) in [5.74, 6) is 2.48. The van der Waals surface area contributed by atoms with Crippen molar-refractivity contribution in [3.05, 3.63) is 84.2 Å². The number of benzene rings is 2. The first-order valence-corrected chi connectivity index (χ1v) is 9.82. The Bertz CT molecular complexity index is 1060. The third-order valence-electron chi connectivity index (χ3n) is 6.14. The molecular formula is C24H24N4. The highest BCUT2D eigenvalue weighted by Crippen LogP contribution is 2.54. The molecule has 0 amide bonds. The fourth-order valence-corrected chi connectivity index (χ4v) is 4.66. The molecule has 0 N–H and O–H groups in total. The molecule has 28 heavy (non-hydrogen) atoms. The fourth-order valence-electron chi connectivity index (χ4n) is 4.66. The number of anilines is 4. The topological polar surface area (TPSA) is 32.3 Å². The lowest BCUT2D eigenvalue weighted by atomic mass is 9.80. The number of fused-ring (bicyclic) bond motifs is 5. The van der Waals surface area contributed by atoms with Crippen LogP contribution in [0.5, 0.6) is 0 Å². The van der Waals surface area contributed by atoms with Crippen molar-refractivity contribution in [3.63, 3.8) is 0 Å². The Kier molecular flexibility index (Phi) is 3.76. The largest absolute Gasteiger partial charge is 0.302 e. The van der Waals surface area contributed by atoms with Crippen LogP contribution in [0.4, 0.5) is 23.0 Å². The molecule has 0 radical (unpaired) electrons. The van der Waals surface area contributed by atoms with Gasteiger partial charge in [-0.3, -0.25) is 0 Å². The Labute approximate surface area is 166 Å². The van der Waals surface area contributed by atoms with Crippen LogP contribution in [0.2, 0.25) is 0 Å². The molecule has 3 aromatic rings. The van der Waals surface area contributed by atoms with Crippen molar-refractivity contribution < 1.29 is 0 Å². The van der Waals surface area contributed by atoms with E-state index in [1.165, 1.54) is 11.3 Å². The molecule has 3 heterocycles. The van der Waals surface area contributed by atoms with E-state index in [0.29, 0.717) is 5.92 Å². The summed E-state index contributed by atoms with van der Waals surface area (Å²) in [6, 6.07) is 19.1. The molecule has 0 spiro atoms. The smallest absolute Gasteiger partial charge is 0.178 e. The standard InChI is InChI=1S/C24H24N4/c1-5-19-15(2)24-27(18-11-7-6-8-12-18)22-23(26-17(4)16(3)25-22)28(24)21-14-10-9-13-20(19)21/h5-15,19,24H,1H2,2-4H3. The molecule has 4 nitrogen and oxygen atoms in total. The Balaban J connectivity index is 1.81. The second-order valence-electron chi connectivity index (χ2n) is 7.71. The van der Waals surface area contributed by atoms with E-state index in [0.717, 1.165) is 28.7 Å². The van der Waals surface area contributed by atoms with Crippen LogP contribution in [0.3, 0.4) is 0 Å². The monoisotopic (exact) mass is 368 g/mol. The first-order chi connectivity index (χ1) is 13.6. The van der Waals surface area contributed by atoms with Crippen molar-refractivity contribution in [2.75, 3.05) is 9.80 Å². The van der Waals surface area contributed by atoms with Crippen LogP contribution in [0.25, 0.3) is 0 Å². The van der Waals surface area contributed by atoms with E-state index < -0.39 is 0 Å². The maximum Gasteiger partial charge on any atom is 0.178 e.